The average Bonchev–Trinajstić information content (AvgIpc) is 2.37. The molecule has 1 aliphatic rings. The third-order valence-corrected chi connectivity index (χ3v) is 3.84. The largest absolute Gasteiger partial charge is 0.491 e. The Balaban J connectivity index is 2.23. The number of aliphatic hydroxyl groups is 1. The molecule has 0 aromatic heterocycles. The molecular weight excluding hydrogens is 212 g/mol. The molecule has 1 aromatic rings. The van der Waals surface area contributed by atoms with Gasteiger partial charge in [0.05, 0.1) is 6.61 Å². The SMILES string of the molecule is CC1(c2ccccc2OCCO)CCCCC1. The van der Waals surface area contributed by atoms with E-state index in [4.69, 9.17) is 9.84 Å². The highest BCUT2D eigenvalue weighted by Crippen LogP contribution is 2.42. The number of hydrogen-bond donors (Lipinski definition) is 1. The van der Waals surface area contributed by atoms with E-state index in [2.05, 4.69) is 19.1 Å². The van der Waals surface area contributed by atoms with Crippen molar-refractivity contribution in [3.05, 3.63) is 29.8 Å². The first-order valence-electron chi connectivity index (χ1n) is 6.59. The van der Waals surface area contributed by atoms with Gasteiger partial charge in [0.1, 0.15) is 12.4 Å². The third kappa shape index (κ3) is 2.81. The molecule has 0 heterocycles. The molecule has 2 nitrogen and oxygen atoms in total. The van der Waals surface area contributed by atoms with E-state index in [-0.39, 0.29) is 12.0 Å². The van der Waals surface area contributed by atoms with Crippen LogP contribution in [-0.4, -0.2) is 18.3 Å². The minimum absolute atomic E-state index is 0.0745. The lowest BCUT2D eigenvalue weighted by Gasteiger charge is -2.35. The van der Waals surface area contributed by atoms with Crippen LogP contribution in [0.25, 0.3) is 0 Å². The fraction of sp³-hybridized carbons (Fsp3) is 0.600. The Bertz CT molecular complexity index is 354. The highest BCUT2D eigenvalue weighted by molar-refractivity contribution is 5.39. The molecule has 0 saturated heterocycles. The maximum Gasteiger partial charge on any atom is 0.123 e. The summed E-state index contributed by atoms with van der Waals surface area (Å²) in [7, 11) is 0. The summed E-state index contributed by atoms with van der Waals surface area (Å²) in [6.45, 7) is 2.80. The van der Waals surface area contributed by atoms with Crippen molar-refractivity contribution >= 4 is 0 Å². The van der Waals surface area contributed by atoms with Crippen LogP contribution in [0, 0.1) is 0 Å². The van der Waals surface area contributed by atoms with Gasteiger partial charge in [-0.3, -0.25) is 0 Å². The highest BCUT2D eigenvalue weighted by Gasteiger charge is 2.31. The molecule has 1 saturated carbocycles. The van der Waals surface area contributed by atoms with Gasteiger partial charge in [-0.15, -0.1) is 0 Å². The molecule has 0 atom stereocenters. The Labute approximate surface area is 104 Å². The molecule has 0 amide bonds. The van der Waals surface area contributed by atoms with Crippen LogP contribution in [0.5, 0.6) is 5.75 Å². The van der Waals surface area contributed by atoms with Crippen molar-refractivity contribution in [2.45, 2.75) is 44.4 Å². The van der Waals surface area contributed by atoms with Crippen molar-refractivity contribution in [3.63, 3.8) is 0 Å². The van der Waals surface area contributed by atoms with Gasteiger partial charge in [0, 0.05) is 5.56 Å². The molecule has 0 radical (unpaired) electrons. The molecule has 0 spiro atoms. The molecule has 1 aromatic carbocycles. The van der Waals surface area contributed by atoms with Crippen molar-refractivity contribution in [1.29, 1.82) is 0 Å². The van der Waals surface area contributed by atoms with Gasteiger partial charge < -0.3 is 9.84 Å². The number of benzene rings is 1. The molecule has 2 rings (SSSR count). The minimum Gasteiger partial charge on any atom is -0.491 e. The van der Waals surface area contributed by atoms with E-state index in [1.165, 1.54) is 37.7 Å². The molecule has 1 N–H and O–H groups in total. The van der Waals surface area contributed by atoms with Crippen LogP contribution in [0.15, 0.2) is 24.3 Å². The third-order valence-electron chi connectivity index (χ3n) is 3.84. The lowest BCUT2D eigenvalue weighted by molar-refractivity contribution is 0.196. The van der Waals surface area contributed by atoms with E-state index in [0.717, 1.165) is 5.75 Å². The van der Waals surface area contributed by atoms with Gasteiger partial charge in [-0.25, -0.2) is 0 Å². The maximum atomic E-state index is 8.87. The lowest BCUT2D eigenvalue weighted by atomic mass is 9.71. The van der Waals surface area contributed by atoms with Gasteiger partial charge in [0.2, 0.25) is 0 Å². The predicted octanol–water partition coefficient (Wildman–Crippen LogP) is 3.28. The van der Waals surface area contributed by atoms with Gasteiger partial charge >= 0.3 is 0 Å². The predicted molar refractivity (Wildman–Crippen MR) is 69.5 cm³/mol. The molecular formula is C15H22O2. The van der Waals surface area contributed by atoms with Crippen LogP contribution >= 0.6 is 0 Å². The fourth-order valence-electron chi connectivity index (χ4n) is 2.85. The molecule has 1 fully saturated rings. The zero-order valence-corrected chi connectivity index (χ0v) is 10.6. The lowest BCUT2D eigenvalue weighted by Crippen LogP contribution is -2.26. The van der Waals surface area contributed by atoms with Crippen molar-refractivity contribution in [2.24, 2.45) is 0 Å². The molecule has 1 aliphatic carbocycles. The van der Waals surface area contributed by atoms with Crippen LogP contribution in [0.2, 0.25) is 0 Å². The van der Waals surface area contributed by atoms with Crippen LogP contribution in [0.4, 0.5) is 0 Å². The van der Waals surface area contributed by atoms with E-state index < -0.39 is 0 Å². The summed E-state index contributed by atoms with van der Waals surface area (Å²) in [6, 6.07) is 8.28. The van der Waals surface area contributed by atoms with Crippen LogP contribution in [0.1, 0.15) is 44.6 Å². The van der Waals surface area contributed by atoms with Gasteiger partial charge in [0.15, 0.2) is 0 Å². The summed E-state index contributed by atoms with van der Waals surface area (Å²) in [4.78, 5) is 0. The molecule has 0 unspecified atom stereocenters. The molecule has 17 heavy (non-hydrogen) atoms. The van der Waals surface area contributed by atoms with Crippen LogP contribution in [0.3, 0.4) is 0 Å². The molecule has 94 valence electrons. The average molecular weight is 234 g/mol. The Hall–Kier alpha value is -1.02. The Morgan fingerprint density at radius 2 is 1.88 bits per heavy atom. The zero-order chi connectivity index (χ0) is 12.1. The first kappa shape index (κ1) is 12.4. The van der Waals surface area contributed by atoms with Crippen LogP contribution in [-0.2, 0) is 5.41 Å². The van der Waals surface area contributed by atoms with E-state index in [1.807, 2.05) is 12.1 Å². The Morgan fingerprint density at radius 1 is 1.18 bits per heavy atom. The van der Waals surface area contributed by atoms with E-state index in [9.17, 15) is 0 Å². The van der Waals surface area contributed by atoms with Gasteiger partial charge in [-0.1, -0.05) is 44.4 Å². The first-order chi connectivity index (χ1) is 8.26. The van der Waals surface area contributed by atoms with Crippen LogP contribution < -0.4 is 4.74 Å². The molecule has 0 aliphatic heterocycles. The summed E-state index contributed by atoms with van der Waals surface area (Å²) in [5.41, 5.74) is 1.57. The Morgan fingerprint density at radius 3 is 2.59 bits per heavy atom. The van der Waals surface area contributed by atoms with E-state index >= 15 is 0 Å². The Kier molecular flexibility index (Phi) is 4.06. The quantitative estimate of drug-likeness (QED) is 0.866. The zero-order valence-electron chi connectivity index (χ0n) is 10.6. The number of para-hydroxylation sites is 1. The van der Waals surface area contributed by atoms with Crippen molar-refractivity contribution in [3.8, 4) is 5.75 Å². The summed E-state index contributed by atoms with van der Waals surface area (Å²) in [5.74, 6) is 0.950. The van der Waals surface area contributed by atoms with Gasteiger partial charge in [0.25, 0.3) is 0 Å². The van der Waals surface area contributed by atoms with Crippen molar-refractivity contribution in [1.82, 2.24) is 0 Å². The maximum absolute atomic E-state index is 8.87. The van der Waals surface area contributed by atoms with Gasteiger partial charge in [-0.2, -0.15) is 0 Å². The topological polar surface area (TPSA) is 29.5 Å². The second-order valence-electron chi connectivity index (χ2n) is 5.19. The summed E-state index contributed by atoms with van der Waals surface area (Å²) in [5, 5.41) is 8.87. The van der Waals surface area contributed by atoms with Gasteiger partial charge in [-0.05, 0) is 24.3 Å². The first-order valence-corrected chi connectivity index (χ1v) is 6.59. The number of hydrogen-bond acceptors (Lipinski definition) is 2. The highest BCUT2D eigenvalue weighted by atomic mass is 16.5. The van der Waals surface area contributed by atoms with Crippen molar-refractivity contribution in [2.75, 3.05) is 13.2 Å². The number of rotatable bonds is 4. The fourth-order valence-corrected chi connectivity index (χ4v) is 2.85. The molecule has 2 heteroatoms. The second kappa shape index (κ2) is 5.54. The summed E-state index contributed by atoms with van der Waals surface area (Å²) >= 11 is 0. The number of aliphatic hydroxyl groups excluding tert-OH is 1. The second-order valence-corrected chi connectivity index (χ2v) is 5.19. The molecule has 0 bridgehead atoms. The summed E-state index contributed by atoms with van der Waals surface area (Å²) < 4.78 is 5.65. The smallest absolute Gasteiger partial charge is 0.123 e. The van der Waals surface area contributed by atoms with E-state index in [0.29, 0.717) is 6.61 Å². The monoisotopic (exact) mass is 234 g/mol. The normalized spacial score (nSPS) is 18.9. The number of ether oxygens (including phenoxy) is 1. The van der Waals surface area contributed by atoms with Crippen molar-refractivity contribution < 1.29 is 9.84 Å². The standard InChI is InChI=1S/C15H22O2/c1-15(9-5-2-6-10-15)13-7-3-4-8-14(13)17-12-11-16/h3-4,7-8,16H,2,5-6,9-12H2,1H3. The van der Waals surface area contributed by atoms with E-state index in [1.54, 1.807) is 0 Å². The summed E-state index contributed by atoms with van der Waals surface area (Å²) in [6.07, 6.45) is 6.46. The minimum atomic E-state index is 0.0745.